The summed E-state index contributed by atoms with van der Waals surface area (Å²) in [5, 5.41) is 11.8. The van der Waals surface area contributed by atoms with Gasteiger partial charge in [0.2, 0.25) is 0 Å². The molecule has 0 spiro atoms. The third-order valence-corrected chi connectivity index (χ3v) is 14.3. The topological polar surface area (TPSA) is 111 Å². The monoisotopic (exact) mass is 1130 g/mol. The molecule has 466 valence electrons. The molecule has 0 aliphatic rings. The molecule has 0 saturated carbocycles. The second-order valence-corrected chi connectivity index (χ2v) is 23.4. The molecule has 0 saturated heterocycles. The van der Waals surface area contributed by atoms with Crippen LogP contribution in [0.1, 0.15) is 284 Å². The third-order valence-electron chi connectivity index (χ3n) is 14.3. The first-order valence-electron chi connectivity index (χ1n) is 33.4. The van der Waals surface area contributed by atoms with Crippen molar-refractivity contribution >= 4 is 17.9 Å². The maximum Gasteiger partial charge on any atom is 0.306 e. The minimum atomic E-state index is -1.63. The smallest absolute Gasteiger partial charge is 0.306 e. The van der Waals surface area contributed by atoms with Gasteiger partial charge in [-0.3, -0.25) is 9.59 Å². The summed E-state index contributed by atoms with van der Waals surface area (Å²) in [6.07, 6.45) is 82.0. The molecule has 0 radical (unpaired) electrons. The molecule has 0 N–H and O–H groups in total. The van der Waals surface area contributed by atoms with Gasteiger partial charge in [-0.2, -0.15) is 0 Å². The number of hydrogen-bond acceptors (Lipinski definition) is 8. The number of aliphatic carboxylic acids is 1. The number of carbonyl (C=O) groups excluding carboxylic acids is 3. The van der Waals surface area contributed by atoms with Crippen molar-refractivity contribution in [1.82, 2.24) is 0 Å². The Labute approximate surface area is 499 Å². The van der Waals surface area contributed by atoms with E-state index >= 15 is 0 Å². The number of carbonyl (C=O) groups is 3. The molecule has 0 fully saturated rings. The highest BCUT2D eigenvalue weighted by molar-refractivity contribution is 5.70. The molecule has 9 nitrogen and oxygen atoms in total. The van der Waals surface area contributed by atoms with Gasteiger partial charge in [-0.05, 0) is 96.3 Å². The summed E-state index contributed by atoms with van der Waals surface area (Å²) < 4.78 is 22.7. The number of quaternary nitrogens is 1. The van der Waals surface area contributed by atoms with Crippen molar-refractivity contribution in [3.05, 3.63) is 97.2 Å². The average molecular weight is 1130 g/mol. The maximum atomic E-state index is 12.9. The van der Waals surface area contributed by atoms with Gasteiger partial charge in [0.1, 0.15) is 13.2 Å². The minimum absolute atomic E-state index is 0.145. The average Bonchev–Trinajstić information content (AvgIpc) is 3.44. The van der Waals surface area contributed by atoms with Crippen molar-refractivity contribution < 1.29 is 42.9 Å². The van der Waals surface area contributed by atoms with Crippen LogP contribution < -0.4 is 5.11 Å². The number of allylic oxidation sites excluding steroid dienone is 16. The normalized spacial score (nSPS) is 13.3. The molecular weight excluding hydrogens is 1010 g/mol. The first kappa shape index (κ1) is 77.2. The third kappa shape index (κ3) is 63.6. The molecule has 0 amide bonds. The Morgan fingerprint density at radius 1 is 0.383 bits per heavy atom. The molecule has 0 aliphatic carbocycles. The van der Waals surface area contributed by atoms with Crippen molar-refractivity contribution in [2.45, 2.75) is 296 Å². The summed E-state index contributed by atoms with van der Waals surface area (Å²) in [4.78, 5) is 37.4. The lowest BCUT2D eigenvalue weighted by molar-refractivity contribution is -0.870. The lowest BCUT2D eigenvalue weighted by Crippen LogP contribution is -2.44. The second kappa shape index (κ2) is 62.3. The number of ether oxygens (including phenoxy) is 4. The van der Waals surface area contributed by atoms with E-state index in [9.17, 15) is 19.5 Å². The van der Waals surface area contributed by atoms with Crippen LogP contribution in [0.5, 0.6) is 0 Å². The number of unbranched alkanes of at least 4 members (excludes halogenated alkanes) is 30. The SMILES string of the molecule is CC/C=C\C/C=C\C/C=C\C/C=C\C/C=C\C/C=C\CCCCCCCCCCCCCCCCCCCCCCC(=O)OC(COC(=O)CCCCCCCCC/C=C\C/C=C\CCCCC)COC(OCC[N+](C)(C)C)C(=O)[O-]. The van der Waals surface area contributed by atoms with Crippen molar-refractivity contribution in [3.8, 4) is 0 Å². The van der Waals surface area contributed by atoms with Crippen molar-refractivity contribution in [1.29, 1.82) is 0 Å². The Morgan fingerprint density at radius 3 is 1.05 bits per heavy atom. The molecule has 0 bridgehead atoms. The largest absolute Gasteiger partial charge is 0.545 e. The van der Waals surface area contributed by atoms with Gasteiger partial charge in [-0.15, -0.1) is 0 Å². The first-order chi connectivity index (χ1) is 39.6. The van der Waals surface area contributed by atoms with Crippen LogP contribution >= 0.6 is 0 Å². The Morgan fingerprint density at radius 2 is 0.704 bits per heavy atom. The molecule has 0 rings (SSSR count). The van der Waals surface area contributed by atoms with E-state index in [0.717, 1.165) is 89.9 Å². The summed E-state index contributed by atoms with van der Waals surface area (Å²) in [6, 6.07) is 0. The molecule has 0 heterocycles. The van der Waals surface area contributed by atoms with Gasteiger partial charge in [0, 0.05) is 12.8 Å². The van der Waals surface area contributed by atoms with Crippen molar-refractivity contribution in [2.24, 2.45) is 0 Å². The molecule has 0 aromatic rings. The van der Waals surface area contributed by atoms with Crippen molar-refractivity contribution in [3.63, 3.8) is 0 Å². The van der Waals surface area contributed by atoms with Crippen LogP contribution in [0.3, 0.4) is 0 Å². The van der Waals surface area contributed by atoms with Crippen LogP contribution in [-0.2, 0) is 33.3 Å². The molecule has 2 unspecified atom stereocenters. The fourth-order valence-electron chi connectivity index (χ4n) is 9.22. The van der Waals surface area contributed by atoms with Gasteiger partial charge in [0.15, 0.2) is 12.4 Å². The molecule has 9 heteroatoms. The quantitative estimate of drug-likeness (QED) is 0.0195. The molecular formula is C72H125NO8. The van der Waals surface area contributed by atoms with E-state index in [0.29, 0.717) is 17.4 Å². The van der Waals surface area contributed by atoms with Gasteiger partial charge in [0.25, 0.3) is 0 Å². The zero-order valence-corrected chi connectivity index (χ0v) is 53.1. The fourth-order valence-corrected chi connectivity index (χ4v) is 9.22. The van der Waals surface area contributed by atoms with Gasteiger partial charge < -0.3 is 33.3 Å². The van der Waals surface area contributed by atoms with E-state index in [-0.39, 0.29) is 38.6 Å². The lowest BCUT2D eigenvalue weighted by Gasteiger charge is -2.26. The number of hydrogen-bond donors (Lipinski definition) is 0. The van der Waals surface area contributed by atoms with E-state index in [1.54, 1.807) is 0 Å². The number of carboxylic acids is 1. The highest BCUT2D eigenvalue weighted by atomic mass is 16.7. The Hall–Kier alpha value is -3.79. The van der Waals surface area contributed by atoms with Gasteiger partial charge in [-0.25, -0.2) is 0 Å². The predicted molar refractivity (Wildman–Crippen MR) is 343 cm³/mol. The van der Waals surface area contributed by atoms with Crippen LogP contribution in [-0.4, -0.2) is 82.3 Å². The predicted octanol–water partition coefficient (Wildman–Crippen LogP) is 19.1. The van der Waals surface area contributed by atoms with E-state index in [4.69, 9.17) is 18.9 Å². The summed E-state index contributed by atoms with van der Waals surface area (Å²) in [6.45, 7) is 4.62. The number of likely N-dealkylation sites (N-methyl/N-ethyl adjacent to an activating group) is 1. The molecule has 81 heavy (non-hydrogen) atoms. The summed E-state index contributed by atoms with van der Waals surface area (Å²) in [7, 11) is 5.92. The van der Waals surface area contributed by atoms with Crippen LogP contribution in [0.2, 0.25) is 0 Å². The summed E-state index contributed by atoms with van der Waals surface area (Å²) >= 11 is 0. The van der Waals surface area contributed by atoms with Crippen LogP contribution in [0.25, 0.3) is 0 Å². The number of rotatable bonds is 61. The zero-order valence-electron chi connectivity index (χ0n) is 53.1. The first-order valence-corrected chi connectivity index (χ1v) is 33.4. The van der Waals surface area contributed by atoms with Crippen molar-refractivity contribution in [2.75, 3.05) is 47.5 Å². The van der Waals surface area contributed by atoms with Crippen LogP contribution in [0.4, 0.5) is 0 Å². The van der Waals surface area contributed by atoms with E-state index in [1.165, 1.54) is 161 Å². The Balaban J connectivity index is 4.03. The highest BCUT2D eigenvalue weighted by Gasteiger charge is 2.22. The minimum Gasteiger partial charge on any atom is -0.545 e. The molecule has 2 atom stereocenters. The fraction of sp³-hybridized carbons (Fsp3) is 0.736. The maximum absolute atomic E-state index is 12.9. The van der Waals surface area contributed by atoms with Crippen LogP contribution in [0, 0.1) is 0 Å². The lowest BCUT2D eigenvalue weighted by atomic mass is 10.0. The number of nitrogens with zero attached hydrogens (tertiary/aromatic N) is 1. The number of carboxylic acid groups (broad SMARTS) is 1. The van der Waals surface area contributed by atoms with Crippen LogP contribution in [0.15, 0.2) is 97.2 Å². The molecule has 0 aliphatic heterocycles. The van der Waals surface area contributed by atoms with Gasteiger partial charge in [0.05, 0.1) is 40.3 Å². The Bertz CT molecular complexity index is 1650. The number of esters is 2. The van der Waals surface area contributed by atoms with Gasteiger partial charge in [-0.1, -0.05) is 272 Å². The van der Waals surface area contributed by atoms with E-state index in [1.807, 2.05) is 21.1 Å². The standard InChI is InChI=1S/C72H125NO8/c1-6-8-10-12-14-16-18-20-22-24-25-26-27-28-29-30-31-32-33-34-35-36-37-38-39-40-41-42-43-44-45-47-49-51-53-55-57-59-61-63-70(75)81-68(67-80-72(71(76)77)78-65-64-73(3,4)5)66-79-69(74)62-60-58-56-54-52-50-48-46-23-21-19-17-15-13-11-9-7-2/h8,10,14-17,20-23,25-26,28-29,31-32,68,72H,6-7,9,11-13,18-19,24,27,30,33-67H2,1-5H3/b10-8-,16-14-,17-15-,22-20-,23-21-,26-25-,29-28-,32-31-. The molecule has 0 aromatic carbocycles. The molecule has 0 aromatic heterocycles. The van der Waals surface area contributed by atoms with Gasteiger partial charge >= 0.3 is 11.9 Å². The Kier molecular flexibility index (Phi) is 59.3. The van der Waals surface area contributed by atoms with E-state index in [2.05, 4.69) is 111 Å². The highest BCUT2D eigenvalue weighted by Crippen LogP contribution is 2.17. The summed E-state index contributed by atoms with van der Waals surface area (Å²) in [5.74, 6) is -2.29. The zero-order chi connectivity index (χ0) is 59.1. The van der Waals surface area contributed by atoms with E-state index < -0.39 is 24.3 Å². The summed E-state index contributed by atoms with van der Waals surface area (Å²) in [5.41, 5.74) is 0. The second-order valence-electron chi connectivity index (χ2n) is 23.4.